The number of aromatic nitrogens is 2. The molecule has 0 saturated carbocycles. The van der Waals surface area contributed by atoms with E-state index in [9.17, 15) is 10.1 Å². The van der Waals surface area contributed by atoms with Crippen LogP contribution in [0.1, 0.15) is 12.5 Å². The van der Waals surface area contributed by atoms with Gasteiger partial charge in [-0.3, -0.25) is 10.1 Å². The fourth-order valence-electron chi connectivity index (χ4n) is 2.55. The van der Waals surface area contributed by atoms with Crippen molar-refractivity contribution in [2.24, 2.45) is 0 Å². The smallest absolute Gasteiger partial charge is 0.353 e. The van der Waals surface area contributed by atoms with Crippen molar-refractivity contribution in [3.63, 3.8) is 0 Å². The van der Waals surface area contributed by atoms with Crippen LogP contribution in [0.5, 0.6) is 11.5 Å². The van der Waals surface area contributed by atoms with Crippen LogP contribution in [0, 0.1) is 10.1 Å². The maximum absolute atomic E-state index is 11.5. The zero-order chi connectivity index (χ0) is 18.5. The minimum atomic E-state index is -0.510. The number of nitrogens with zero attached hydrogens (tertiary/aromatic N) is 3. The topological polar surface area (TPSA) is 121 Å². The number of ether oxygens (including phenoxy) is 3. The number of anilines is 2. The summed E-state index contributed by atoms with van der Waals surface area (Å²) in [6.07, 6.45) is 1.27. The second-order valence-electron chi connectivity index (χ2n) is 5.72. The van der Waals surface area contributed by atoms with Crippen LogP contribution in [0.4, 0.5) is 17.3 Å². The van der Waals surface area contributed by atoms with Crippen LogP contribution in [-0.2, 0) is 11.3 Å². The van der Waals surface area contributed by atoms with Gasteiger partial charge in [-0.1, -0.05) is 6.07 Å². The molecule has 138 valence electrons. The van der Waals surface area contributed by atoms with Gasteiger partial charge in [0.05, 0.1) is 11.5 Å². The summed E-state index contributed by atoms with van der Waals surface area (Å²) in [7, 11) is 1.56. The van der Waals surface area contributed by atoms with Gasteiger partial charge in [0.15, 0.2) is 11.5 Å². The normalized spacial score (nSPS) is 13.3. The van der Waals surface area contributed by atoms with Crippen molar-refractivity contribution in [1.29, 1.82) is 0 Å². The van der Waals surface area contributed by atoms with Crippen molar-refractivity contribution in [1.82, 2.24) is 9.97 Å². The van der Waals surface area contributed by atoms with Gasteiger partial charge < -0.3 is 24.8 Å². The van der Waals surface area contributed by atoms with Crippen LogP contribution in [0.15, 0.2) is 24.5 Å². The van der Waals surface area contributed by atoms with Crippen molar-refractivity contribution < 1.29 is 19.1 Å². The first-order valence-electron chi connectivity index (χ1n) is 7.95. The first-order valence-corrected chi connectivity index (χ1v) is 7.95. The van der Waals surface area contributed by atoms with Gasteiger partial charge in [0.2, 0.25) is 18.4 Å². The maximum Gasteiger partial charge on any atom is 0.353 e. The number of hydrogen-bond donors (Lipinski definition) is 2. The fourth-order valence-corrected chi connectivity index (χ4v) is 2.55. The highest BCUT2D eigenvalue weighted by atomic mass is 16.7. The largest absolute Gasteiger partial charge is 0.454 e. The highest BCUT2D eigenvalue weighted by molar-refractivity contribution is 5.69. The average Bonchev–Trinajstić information content (AvgIpc) is 3.07. The molecule has 1 atom stereocenters. The molecule has 2 N–H and O–H groups in total. The van der Waals surface area contributed by atoms with Gasteiger partial charge in [0.25, 0.3) is 0 Å². The quantitative estimate of drug-likeness (QED) is 0.538. The Bertz CT molecular complexity index is 801. The minimum Gasteiger partial charge on any atom is -0.454 e. The lowest BCUT2D eigenvalue weighted by atomic mass is 10.2. The third-order valence-electron chi connectivity index (χ3n) is 3.70. The molecule has 0 bridgehead atoms. The van der Waals surface area contributed by atoms with Gasteiger partial charge in [-0.25, -0.2) is 9.97 Å². The monoisotopic (exact) mass is 361 g/mol. The summed E-state index contributed by atoms with van der Waals surface area (Å²) in [5.41, 5.74) is 0.667. The molecular weight excluding hydrogens is 342 g/mol. The molecule has 0 spiro atoms. The molecule has 1 aliphatic heterocycles. The Morgan fingerprint density at radius 2 is 2.08 bits per heavy atom. The molecule has 26 heavy (non-hydrogen) atoms. The SMILES string of the molecule is COCC(C)Nc1ncnc(NCc2ccc3c(c2)OCO3)c1[N+](=O)[O-]. The third-order valence-corrected chi connectivity index (χ3v) is 3.70. The van der Waals surface area contributed by atoms with E-state index in [1.165, 1.54) is 6.33 Å². The van der Waals surface area contributed by atoms with Crippen molar-refractivity contribution in [3.8, 4) is 11.5 Å². The van der Waals surface area contributed by atoms with Crippen LogP contribution in [-0.4, -0.2) is 41.4 Å². The molecular formula is C16H19N5O5. The van der Waals surface area contributed by atoms with Crippen LogP contribution < -0.4 is 20.1 Å². The van der Waals surface area contributed by atoms with E-state index in [0.29, 0.717) is 24.7 Å². The molecule has 0 fully saturated rings. The number of hydrogen-bond acceptors (Lipinski definition) is 9. The fraction of sp³-hybridized carbons (Fsp3) is 0.375. The summed E-state index contributed by atoms with van der Waals surface area (Å²) in [5, 5.41) is 17.5. The van der Waals surface area contributed by atoms with Crippen molar-refractivity contribution in [2.45, 2.75) is 19.5 Å². The lowest BCUT2D eigenvalue weighted by molar-refractivity contribution is -0.383. The molecule has 0 aliphatic carbocycles. The minimum absolute atomic E-state index is 0.134. The molecule has 2 heterocycles. The predicted molar refractivity (Wildman–Crippen MR) is 93.5 cm³/mol. The molecule has 1 aromatic carbocycles. The number of rotatable bonds is 8. The van der Waals surface area contributed by atoms with E-state index >= 15 is 0 Å². The van der Waals surface area contributed by atoms with Gasteiger partial charge >= 0.3 is 5.69 Å². The zero-order valence-corrected chi connectivity index (χ0v) is 14.4. The number of benzene rings is 1. The Labute approximate surface area is 149 Å². The molecule has 1 aliphatic rings. The molecule has 10 nitrogen and oxygen atoms in total. The summed E-state index contributed by atoms with van der Waals surface area (Å²) < 4.78 is 15.6. The van der Waals surface area contributed by atoms with Gasteiger partial charge in [-0.2, -0.15) is 0 Å². The second-order valence-corrected chi connectivity index (χ2v) is 5.72. The second kappa shape index (κ2) is 7.83. The van der Waals surface area contributed by atoms with E-state index in [0.717, 1.165) is 5.56 Å². The number of nitrogens with one attached hydrogen (secondary N) is 2. The average molecular weight is 361 g/mol. The first kappa shape index (κ1) is 17.7. The van der Waals surface area contributed by atoms with E-state index in [-0.39, 0.29) is 30.2 Å². The predicted octanol–water partition coefficient (Wildman–Crippen LogP) is 2.17. The van der Waals surface area contributed by atoms with E-state index < -0.39 is 4.92 Å². The summed E-state index contributed by atoms with van der Waals surface area (Å²) in [4.78, 5) is 19.0. The van der Waals surface area contributed by atoms with E-state index in [2.05, 4.69) is 20.6 Å². The highest BCUT2D eigenvalue weighted by Crippen LogP contribution is 2.33. The lowest BCUT2D eigenvalue weighted by Crippen LogP contribution is -2.22. The Morgan fingerprint density at radius 3 is 2.85 bits per heavy atom. The van der Waals surface area contributed by atoms with Crippen molar-refractivity contribution >= 4 is 17.3 Å². The Hall–Kier alpha value is -3.14. The third kappa shape index (κ3) is 3.91. The Kier molecular flexibility index (Phi) is 5.32. The molecule has 1 aromatic heterocycles. The van der Waals surface area contributed by atoms with Crippen molar-refractivity contribution in [2.75, 3.05) is 31.1 Å². The molecule has 0 amide bonds. The van der Waals surface area contributed by atoms with Gasteiger partial charge in [-0.05, 0) is 24.6 Å². The summed E-state index contributed by atoms with van der Waals surface area (Å²) in [6.45, 7) is 2.76. The van der Waals surface area contributed by atoms with E-state index in [4.69, 9.17) is 14.2 Å². The number of nitro groups is 1. The zero-order valence-electron chi connectivity index (χ0n) is 14.4. The molecule has 1 unspecified atom stereocenters. The van der Waals surface area contributed by atoms with Crippen LogP contribution >= 0.6 is 0 Å². The van der Waals surface area contributed by atoms with E-state index in [1.54, 1.807) is 13.2 Å². The number of methoxy groups -OCH3 is 1. The Balaban J connectivity index is 1.77. The highest BCUT2D eigenvalue weighted by Gasteiger charge is 2.24. The van der Waals surface area contributed by atoms with E-state index in [1.807, 2.05) is 19.1 Å². The standard InChI is InChI=1S/C16H19N5O5/c1-10(7-24-2)20-16-14(21(22)23)15(18-8-19-16)17-6-11-3-4-12-13(5-11)26-9-25-12/h3-5,8,10H,6-7,9H2,1-2H3,(H2,17,18,19,20). The first-order chi connectivity index (χ1) is 12.6. The van der Waals surface area contributed by atoms with Crippen LogP contribution in [0.25, 0.3) is 0 Å². The molecule has 0 radical (unpaired) electrons. The number of fused-ring (bicyclic) bond motifs is 1. The summed E-state index contributed by atoms with van der Waals surface area (Å²) in [5.74, 6) is 1.61. The van der Waals surface area contributed by atoms with Crippen LogP contribution in [0.2, 0.25) is 0 Å². The molecule has 0 saturated heterocycles. The van der Waals surface area contributed by atoms with Gasteiger partial charge in [0.1, 0.15) is 6.33 Å². The molecule has 3 rings (SSSR count). The lowest BCUT2D eigenvalue weighted by Gasteiger charge is -2.14. The van der Waals surface area contributed by atoms with Crippen molar-refractivity contribution in [3.05, 3.63) is 40.2 Å². The molecule has 2 aromatic rings. The van der Waals surface area contributed by atoms with Gasteiger partial charge in [-0.15, -0.1) is 0 Å². The maximum atomic E-state index is 11.5. The van der Waals surface area contributed by atoms with Crippen LogP contribution in [0.3, 0.4) is 0 Å². The summed E-state index contributed by atoms with van der Waals surface area (Å²) in [6, 6.07) is 5.33. The summed E-state index contributed by atoms with van der Waals surface area (Å²) >= 11 is 0. The van der Waals surface area contributed by atoms with Gasteiger partial charge in [0, 0.05) is 19.7 Å². The molecule has 10 heteroatoms. The Morgan fingerprint density at radius 1 is 1.31 bits per heavy atom.